The summed E-state index contributed by atoms with van der Waals surface area (Å²) in [6.45, 7) is 5.17. The molecular weight excluding hydrogens is 290 g/mol. The number of sulfonamides is 1. The van der Waals surface area contributed by atoms with Crippen LogP contribution in [0.15, 0.2) is 35.5 Å². The van der Waals surface area contributed by atoms with Gasteiger partial charge in [0, 0.05) is 6.54 Å². The van der Waals surface area contributed by atoms with Gasteiger partial charge in [0.25, 0.3) is 16.0 Å². The summed E-state index contributed by atoms with van der Waals surface area (Å²) in [6, 6.07) is 5.33. The quantitative estimate of drug-likeness (QED) is 0.829. The normalized spacial score (nSPS) is 11.3. The first-order chi connectivity index (χ1) is 10.0. The van der Waals surface area contributed by atoms with Crippen LogP contribution >= 0.6 is 0 Å². The number of benzene rings is 1. The van der Waals surface area contributed by atoms with E-state index in [0.29, 0.717) is 12.1 Å². The molecule has 0 spiro atoms. The molecule has 21 heavy (non-hydrogen) atoms. The molecule has 1 heterocycles. The van der Waals surface area contributed by atoms with E-state index in [0.717, 1.165) is 12.1 Å². The highest BCUT2D eigenvalue weighted by Crippen LogP contribution is 2.19. The van der Waals surface area contributed by atoms with Gasteiger partial charge < -0.3 is 5.32 Å². The van der Waals surface area contributed by atoms with E-state index in [4.69, 9.17) is 0 Å². The number of nitrogens with zero attached hydrogens (tertiary/aromatic N) is 3. The molecule has 0 bridgehead atoms. The van der Waals surface area contributed by atoms with Gasteiger partial charge in [0.05, 0.1) is 17.3 Å². The van der Waals surface area contributed by atoms with Crippen LogP contribution in [0, 0.1) is 6.92 Å². The van der Waals surface area contributed by atoms with Crippen LogP contribution in [-0.4, -0.2) is 30.1 Å². The van der Waals surface area contributed by atoms with Crippen LogP contribution in [0.5, 0.6) is 0 Å². The van der Waals surface area contributed by atoms with Crippen LogP contribution in [0.1, 0.15) is 18.1 Å². The Morgan fingerprint density at radius 3 is 2.71 bits per heavy atom. The van der Waals surface area contributed by atoms with Gasteiger partial charge in [-0.05, 0) is 30.7 Å². The average molecular weight is 307 g/mol. The highest BCUT2D eigenvalue weighted by molar-refractivity contribution is 7.92. The monoisotopic (exact) mass is 307 g/mol. The van der Waals surface area contributed by atoms with Crippen molar-refractivity contribution in [1.82, 2.24) is 20.5 Å². The molecule has 0 saturated carbocycles. The zero-order valence-electron chi connectivity index (χ0n) is 11.9. The first-order valence-electron chi connectivity index (χ1n) is 6.49. The van der Waals surface area contributed by atoms with Crippen LogP contribution in [0.3, 0.4) is 0 Å². The number of rotatable bonds is 6. The summed E-state index contributed by atoms with van der Waals surface area (Å²) in [5.41, 5.74) is 1.56. The van der Waals surface area contributed by atoms with E-state index in [2.05, 4.69) is 25.2 Å². The predicted octanol–water partition coefficient (Wildman–Crippen LogP) is 1.09. The first kappa shape index (κ1) is 15.3. The smallest absolute Gasteiger partial charge is 0.264 e. The first-order valence-corrected chi connectivity index (χ1v) is 7.98. The number of aromatic nitrogens is 3. The molecule has 1 aromatic heterocycles. The number of hydrogen-bond donors (Lipinski definition) is 2. The second-order valence-electron chi connectivity index (χ2n) is 4.45. The lowest BCUT2D eigenvalue weighted by Crippen LogP contribution is -2.17. The van der Waals surface area contributed by atoms with Gasteiger partial charge in [0.15, 0.2) is 0 Å². The van der Waals surface area contributed by atoms with Gasteiger partial charge in [-0.2, -0.15) is 5.10 Å². The van der Waals surface area contributed by atoms with E-state index >= 15 is 0 Å². The molecule has 0 radical (unpaired) electrons. The van der Waals surface area contributed by atoms with Crippen molar-refractivity contribution in [1.29, 1.82) is 0 Å². The lowest BCUT2D eigenvalue weighted by Gasteiger charge is -2.11. The summed E-state index contributed by atoms with van der Waals surface area (Å²) in [4.78, 5) is 4.03. The molecule has 2 rings (SSSR count). The SMILES string of the molecule is CCNCc1ccc(C)c(S(=O)(=O)Nc2nccnn2)c1. The standard InChI is InChI=1S/C13H17N5O2S/c1-3-14-9-11-5-4-10(2)12(8-11)21(19,20)18-13-15-6-7-16-17-13/h4-8,14H,3,9H2,1-2H3,(H,15,17,18). The van der Waals surface area contributed by atoms with Crippen molar-refractivity contribution in [3.05, 3.63) is 41.7 Å². The zero-order chi connectivity index (χ0) is 15.3. The van der Waals surface area contributed by atoms with Crippen molar-refractivity contribution < 1.29 is 8.42 Å². The average Bonchev–Trinajstić information content (AvgIpc) is 2.47. The van der Waals surface area contributed by atoms with Gasteiger partial charge in [0.2, 0.25) is 0 Å². The summed E-state index contributed by atoms with van der Waals surface area (Å²) < 4.78 is 27.1. The zero-order valence-corrected chi connectivity index (χ0v) is 12.7. The highest BCUT2D eigenvalue weighted by atomic mass is 32.2. The van der Waals surface area contributed by atoms with Crippen molar-refractivity contribution in [2.75, 3.05) is 11.3 Å². The predicted molar refractivity (Wildman–Crippen MR) is 79.2 cm³/mol. The lowest BCUT2D eigenvalue weighted by atomic mass is 10.1. The molecule has 0 unspecified atom stereocenters. The van der Waals surface area contributed by atoms with E-state index in [9.17, 15) is 8.42 Å². The third kappa shape index (κ3) is 3.96. The maximum atomic E-state index is 12.4. The van der Waals surface area contributed by atoms with Crippen LogP contribution in [0.2, 0.25) is 0 Å². The Morgan fingerprint density at radius 2 is 2.05 bits per heavy atom. The summed E-state index contributed by atoms with van der Waals surface area (Å²) >= 11 is 0. The molecule has 0 aliphatic rings. The van der Waals surface area contributed by atoms with Gasteiger partial charge in [-0.25, -0.2) is 18.1 Å². The molecule has 2 N–H and O–H groups in total. The minimum atomic E-state index is -3.73. The fourth-order valence-corrected chi connectivity index (χ4v) is 3.03. The van der Waals surface area contributed by atoms with E-state index in [1.165, 1.54) is 12.4 Å². The van der Waals surface area contributed by atoms with E-state index in [-0.39, 0.29) is 10.8 Å². The number of aryl methyl sites for hydroxylation is 1. The third-order valence-corrected chi connectivity index (χ3v) is 4.30. The van der Waals surface area contributed by atoms with Crippen molar-refractivity contribution in [3.63, 3.8) is 0 Å². The Bertz CT molecular complexity index is 704. The van der Waals surface area contributed by atoms with Gasteiger partial charge in [-0.15, -0.1) is 5.10 Å². The Morgan fingerprint density at radius 1 is 1.24 bits per heavy atom. The molecule has 0 aliphatic carbocycles. The van der Waals surface area contributed by atoms with Crippen molar-refractivity contribution >= 4 is 16.0 Å². The van der Waals surface area contributed by atoms with E-state index < -0.39 is 10.0 Å². The molecule has 0 atom stereocenters. The van der Waals surface area contributed by atoms with Gasteiger partial charge in [0.1, 0.15) is 0 Å². The largest absolute Gasteiger partial charge is 0.313 e. The fourth-order valence-electron chi connectivity index (χ4n) is 1.78. The lowest BCUT2D eigenvalue weighted by molar-refractivity contribution is 0.599. The van der Waals surface area contributed by atoms with Gasteiger partial charge in [-0.1, -0.05) is 19.1 Å². The summed E-state index contributed by atoms with van der Waals surface area (Å²) in [5.74, 6) is -0.0472. The van der Waals surface area contributed by atoms with Crippen molar-refractivity contribution in [3.8, 4) is 0 Å². The maximum absolute atomic E-state index is 12.4. The van der Waals surface area contributed by atoms with Crippen LogP contribution in [-0.2, 0) is 16.6 Å². The number of nitrogens with one attached hydrogen (secondary N) is 2. The van der Waals surface area contributed by atoms with Crippen molar-refractivity contribution in [2.45, 2.75) is 25.3 Å². The Balaban J connectivity index is 2.30. The minimum Gasteiger partial charge on any atom is -0.313 e. The van der Waals surface area contributed by atoms with E-state index in [1.807, 2.05) is 13.0 Å². The third-order valence-electron chi connectivity index (χ3n) is 2.83. The highest BCUT2D eigenvalue weighted by Gasteiger charge is 2.18. The van der Waals surface area contributed by atoms with Crippen LogP contribution in [0.4, 0.5) is 5.95 Å². The maximum Gasteiger partial charge on any atom is 0.264 e. The van der Waals surface area contributed by atoms with E-state index in [1.54, 1.807) is 19.1 Å². The van der Waals surface area contributed by atoms with Gasteiger partial charge in [-0.3, -0.25) is 0 Å². The molecular formula is C13H17N5O2S. The Kier molecular flexibility index (Phi) is 4.81. The van der Waals surface area contributed by atoms with Crippen LogP contribution < -0.4 is 10.0 Å². The Hall–Kier alpha value is -2.06. The second-order valence-corrected chi connectivity index (χ2v) is 6.10. The molecule has 0 aliphatic heterocycles. The molecule has 8 heteroatoms. The molecule has 0 amide bonds. The molecule has 2 aromatic rings. The topological polar surface area (TPSA) is 96.9 Å². The summed E-state index contributed by atoms with van der Waals surface area (Å²) in [7, 11) is -3.73. The Labute approximate surface area is 123 Å². The van der Waals surface area contributed by atoms with Crippen LogP contribution in [0.25, 0.3) is 0 Å². The van der Waals surface area contributed by atoms with Crippen molar-refractivity contribution in [2.24, 2.45) is 0 Å². The summed E-state index contributed by atoms with van der Waals surface area (Å²) in [5, 5.41) is 10.4. The van der Waals surface area contributed by atoms with Gasteiger partial charge >= 0.3 is 0 Å². The molecule has 0 saturated heterocycles. The number of hydrogen-bond acceptors (Lipinski definition) is 6. The molecule has 0 fully saturated rings. The fraction of sp³-hybridized carbons (Fsp3) is 0.308. The molecule has 112 valence electrons. The second kappa shape index (κ2) is 6.59. The molecule has 1 aromatic carbocycles. The number of anilines is 1. The summed E-state index contributed by atoms with van der Waals surface area (Å²) in [6.07, 6.45) is 2.75. The molecule has 7 nitrogen and oxygen atoms in total. The minimum absolute atomic E-state index is 0.0472.